The third-order valence-electron chi connectivity index (χ3n) is 1.87. The van der Waals surface area contributed by atoms with Gasteiger partial charge in [0.25, 0.3) is 0 Å². The standard InChI is InChI=1S/C11H16NO2S/c1-2-8-12-10-15(13,14)9-11-6-4-3-5-7-11/h3-7,10,12H,2,8-9H2,1H3. The summed E-state index contributed by atoms with van der Waals surface area (Å²) in [6.45, 7) is 2.68. The average Bonchev–Trinajstić information content (AvgIpc) is 2.18. The van der Waals surface area contributed by atoms with Crippen LogP contribution >= 0.6 is 0 Å². The lowest BCUT2D eigenvalue weighted by Gasteiger charge is -2.04. The van der Waals surface area contributed by atoms with Gasteiger partial charge in [-0.15, -0.1) is 0 Å². The summed E-state index contributed by atoms with van der Waals surface area (Å²) in [6, 6.07) is 9.17. The van der Waals surface area contributed by atoms with Gasteiger partial charge in [0.05, 0.1) is 5.75 Å². The second-order valence-electron chi connectivity index (χ2n) is 3.36. The summed E-state index contributed by atoms with van der Waals surface area (Å²) in [5.41, 5.74) is 0.812. The highest BCUT2D eigenvalue weighted by atomic mass is 32.2. The zero-order valence-electron chi connectivity index (χ0n) is 8.81. The van der Waals surface area contributed by atoms with Gasteiger partial charge in [0.2, 0.25) is 0 Å². The first-order chi connectivity index (χ1) is 7.14. The van der Waals surface area contributed by atoms with Crippen LogP contribution in [-0.4, -0.2) is 15.0 Å². The molecule has 0 aromatic heterocycles. The van der Waals surface area contributed by atoms with Crippen LogP contribution in [0.1, 0.15) is 18.9 Å². The Bertz CT molecular complexity index is 373. The van der Waals surface area contributed by atoms with Crippen molar-refractivity contribution in [2.24, 2.45) is 0 Å². The molecule has 0 heterocycles. The first-order valence-corrected chi connectivity index (χ1v) is 6.69. The van der Waals surface area contributed by atoms with E-state index >= 15 is 0 Å². The molecule has 83 valence electrons. The molecule has 0 unspecified atom stereocenters. The van der Waals surface area contributed by atoms with Gasteiger partial charge in [-0.05, 0) is 18.5 Å². The van der Waals surface area contributed by atoms with E-state index in [-0.39, 0.29) is 5.75 Å². The maximum atomic E-state index is 11.6. The molecule has 0 spiro atoms. The van der Waals surface area contributed by atoms with Crippen LogP contribution in [0.15, 0.2) is 30.3 Å². The van der Waals surface area contributed by atoms with E-state index < -0.39 is 9.84 Å². The molecule has 0 atom stereocenters. The molecule has 0 saturated carbocycles. The average molecular weight is 226 g/mol. The fourth-order valence-corrected chi connectivity index (χ4v) is 2.29. The number of hydrogen-bond acceptors (Lipinski definition) is 3. The van der Waals surface area contributed by atoms with Crippen molar-refractivity contribution in [3.05, 3.63) is 41.8 Å². The maximum absolute atomic E-state index is 11.6. The monoisotopic (exact) mass is 226 g/mol. The summed E-state index contributed by atoms with van der Waals surface area (Å²) in [5, 5.41) is 2.78. The fraction of sp³-hybridized carbons (Fsp3) is 0.364. The zero-order valence-corrected chi connectivity index (χ0v) is 9.63. The summed E-state index contributed by atoms with van der Waals surface area (Å²) >= 11 is 0. The van der Waals surface area contributed by atoms with Crippen molar-refractivity contribution in [3.63, 3.8) is 0 Å². The second-order valence-corrected chi connectivity index (χ2v) is 5.21. The van der Waals surface area contributed by atoms with Crippen LogP contribution in [-0.2, 0) is 15.6 Å². The third-order valence-corrected chi connectivity index (χ3v) is 3.13. The Kier molecular flexibility index (Phi) is 4.78. The van der Waals surface area contributed by atoms with Gasteiger partial charge in [0.1, 0.15) is 5.88 Å². The highest BCUT2D eigenvalue weighted by Gasteiger charge is 2.11. The molecule has 1 aromatic carbocycles. The summed E-state index contributed by atoms with van der Waals surface area (Å²) in [5.74, 6) is 1.26. The molecule has 1 radical (unpaired) electrons. The lowest BCUT2D eigenvalue weighted by atomic mass is 10.2. The van der Waals surface area contributed by atoms with Crippen molar-refractivity contribution >= 4 is 9.84 Å². The van der Waals surface area contributed by atoms with Gasteiger partial charge < -0.3 is 0 Å². The Balaban J connectivity index is 2.50. The molecule has 1 aromatic rings. The smallest absolute Gasteiger partial charge is 0.172 e. The molecular weight excluding hydrogens is 210 g/mol. The molecule has 1 rings (SSSR count). The van der Waals surface area contributed by atoms with Crippen LogP contribution in [0.4, 0.5) is 0 Å². The molecular formula is C11H16NO2S. The Labute approximate surface area is 91.4 Å². The quantitative estimate of drug-likeness (QED) is 0.751. The number of rotatable bonds is 6. The van der Waals surface area contributed by atoms with Crippen molar-refractivity contribution in [1.29, 1.82) is 0 Å². The van der Waals surface area contributed by atoms with E-state index in [0.717, 1.165) is 12.0 Å². The van der Waals surface area contributed by atoms with E-state index in [9.17, 15) is 8.42 Å². The van der Waals surface area contributed by atoms with E-state index in [1.807, 2.05) is 37.3 Å². The van der Waals surface area contributed by atoms with Crippen LogP contribution in [0.2, 0.25) is 0 Å². The molecule has 1 N–H and O–H groups in total. The summed E-state index contributed by atoms with van der Waals surface area (Å²) in [4.78, 5) is 0. The van der Waals surface area contributed by atoms with E-state index in [1.165, 1.54) is 5.88 Å². The molecule has 0 fully saturated rings. The molecule has 15 heavy (non-hydrogen) atoms. The molecule has 0 aliphatic carbocycles. The van der Waals surface area contributed by atoms with E-state index in [1.54, 1.807) is 0 Å². The van der Waals surface area contributed by atoms with Crippen molar-refractivity contribution in [3.8, 4) is 0 Å². The lowest BCUT2D eigenvalue weighted by molar-refractivity contribution is 0.595. The van der Waals surface area contributed by atoms with Crippen LogP contribution in [0.25, 0.3) is 0 Å². The minimum atomic E-state index is -3.14. The maximum Gasteiger partial charge on any atom is 0.172 e. The normalized spacial score (nSPS) is 11.5. The van der Waals surface area contributed by atoms with Gasteiger partial charge in [-0.25, -0.2) is 8.42 Å². The van der Waals surface area contributed by atoms with Gasteiger partial charge in [-0.3, -0.25) is 5.32 Å². The molecule has 0 aliphatic rings. The third kappa shape index (κ3) is 4.95. The molecule has 0 aliphatic heterocycles. The first-order valence-electron chi connectivity index (χ1n) is 4.97. The van der Waals surface area contributed by atoms with E-state index in [4.69, 9.17) is 0 Å². The number of nitrogens with one attached hydrogen (secondary N) is 1. The minimum absolute atomic E-state index is 0.0601. The largest absolute Gasteiger partial charge is 0.299 e. The Hall–Kier alpha value is -0.870. The van der Waals surface area contributed by atoms with Crippen molar-refractivity contribution in [1.82, 2.24) is 5.32 Å². The molecule has 0 amide bonds. The Morgan fingerprint density at radius 3 is 2.53 bits per heavy atom. The summed E-state index contributed by atoms with van der Waals surface area (Å²) < 4.78 is 23.1. The lowest BCUT2D eigenvalue weighted by Crippen LogP contribution is -2.19. The van der Waals surface area contributed by atoms with Crippen LogP contribution in [0.5, 0.6) is 0 Å². The number of sulfone groups is 1. The SMILES string of the molecule is CCCN[CH]S(=O)(=O)Cc1ccccc1. The highest BCUT2D eigenvalue weighted by molar-refractivity contribution is 7.92. The molecule has 3 nitrogen and oxygen atoms in total. The van der Waals surface area contributed by atoms with Crippen LogP contribution in [0.3, 0.4) is 0 Å². The Morgan fingerprint density at radius 1 is 1.27 bits per heavy atom. The minimum Gasteiger partial charge on any atom is -0.299 e. The van der Waals surface area contributed by atoms with Crippen LogP contribution < -0.4 is 5.32 Å². The zero-order chi connectivity index (χ0) is 11.1. The van der Waals surface area contributed by atoms with Gasteiger partial charge in [-0.2, -0.15) is 0 Å². The molecule has 0 bridgehead atoms. The highest BCUT2D eigenvalue weighted by Crippen LogP contribution is 2.06. The van der Waals surface area contributed by atoms with Crippen LogP contribution in [0, 0.1) is 5.88 Å². The van der Waals surface area contributed by atoms with E-state index in [0.29, 0.717) is 6.54 Å². The first kappa shape index (κ1) is 12.2. The van der Waals surface area contributed by atoms with Gasteiger partial charge in [0.15, 0.2) is 9.84 Å². The van der Waals surface area contributed by atoms with E-state index in [2.05, 4.69) is 5.32 Å². The second kappa shape index (κ2) is 5.88. The number of benzene rings is 1. The topological polar surface area (TPSA) is 46.2 Å². The predicted octanol–water partition coefficient (Wildman–Crippen LogP) is 1.72. The van der Waals surface area contributed by atoms with Crippen molar-refractivity contribution < 1.29 is 8.42 Å². The fourth-order valence-electron chi connectivity index (χ4n) is 1.18. The molecule has 0 saturated heterocycles. The van der Waals surface area contributed by atoms with Gasteiger partial charge >= 0.3 is 0 Å². The predicted molar refractivity (Wildman–Crippen MR) is 61.7 cm³/mol. The van der Waals surface area contributed by atoms with Gasteiger partial charge in [-0.1, -0.05) is 37.3 Å². The van der Waals surface area contributed by atoms with Gasteiger partial charge in [0, 0.05) is 0 Å². The summed E-state index contributed by atoms with van der Waals surface area (Å²) in [7, 11) is -3.14. The number of hydrogen-bond donors (Lipinski definition) is 1. The van der Waals surface area contributed by atoms with Crippen molar-refractivity contribution in [2.45, 2.75) is 19.1 Å². The van der Waals surface area contributed by atoms with Crippen molar-refractivity contribution in [2.75, 3.05) is 6.54 Å². The molecule has 4 heteroatoms. The summed E-state index contributed by atoms with van der Waals surface area (Å²) in [6.07, 6.45) is 0.914. The Morgan fingerprint density at radius 2 is 1.93 bits per heavy atom.